The predicted octanol–water partition coefficient (Wildman–Crippen LogP) is 2.70. The highest BCUT2D eigenvalue weighted by molar-refractivity contribution is 6.04. The van der Waals surface area contributed by atoms with Crippen LogP contribution in [0.25, 0.3) is 0 Å². The van der Waals surface area contributed by atoms with E-state index >= 15 is 0 Å². The van der Waals surface area contributed by atoms with E-state index in [0.29, 0.717) is 26.2 Å². The van der Waals surface area contributed by atoms with Gasteiger partial charge in [0.05, 0.1) is 6.61 Å². The Bertz CT molecular complexity index is 913. The first kappa shape index (κ1) is 26.3. The Morgan fingerprint density at radius 3 is 2.20 bits per heavy atom. The van der Waals surface area contributed by atoms with Crippen molar-refractivity contribution < 1.29 is 33.4 Å². The van der Waals surface area contributed by atoms with Gasteiger partial charge in [-0.3, -0.25) is 10.1 Å². The lowest BCUT2D eigenvalue weighted by Crippen LogP contribution is -2.66. The topological polar surface area (TPSA) is 114 Å². The summed E-state index contributed by atoms with van der Waals surface area (Å²) in [5.41, 5.74) is 0.0408. The highest BCUT2D eigenvalue weighted by atomic mass is 16.6. The summed E-state index contributed by atoms with van der Waals surface area (Å²) < 4.78 is 15.6. The van der Waals surface area contributed by atoms with Gasteiger partial charge >= 0.3 is 18.2 Å². The standard InChI is InChI=1S/C25H35N3O7/c1-5-33-21(30)19(26-22(31)35-24(2,3)4)20(29)28-16-25(17-28)11-13-27(14-12-25)23(32)34-15-18-9-7-6-8-10-18/h6-10,19H,5,11-17H2,1-4H3,(H,26,31). The van der Waals surface area contributed by atoms with E-state index in [0.717, 1.165) is 18.4 Å². The molecule has 192 valence electrons. The van der Waals surface area contributed by atoms with Gasteiger partial charge in [-0.25, -0.2) is 14.4 Å². The van der Waals surface area contributed by atoms with Gasteiger partial charge in [0.15, 0.2) is 0 Å². The Kier molecular flexibility index (Phi) is 8.24. The van der Waals surface area contributed by atoms with Crippen molar-refractivity contribution in [1.29, 1.82) is 0 Å². The van der Waals surface area contributed by atoms with Gasteiger partial charge in [0.25, 0.3) is 5.91 Å². The predicted molar refractivity (Wildman–Crippen MR) is 126 cm³/mol. The van der Waals surface area contributed by atoms with Gasteiger partial charge in [0.2, 0.25) is 6.04 Å². The molecule has 0 aliphatic carbocycles. The molecule has 0 bridgehead atoms. The number of nitrogens with one attached hydrogen (secondary N) is 1. The van der Waals surface area contributed by atoms with Crippen molar-refractivity contribution in [3.63, 3.8) is 0 Å². The normalized spacial score (nSPS) is 17.7. The number of esters is 1. The fourth-order valence-corrected chi connectivity index (χ4v) is 4.26. The zero-order valence-corrected chi connectivity index (χ0v) is 20.9. The van der Waals surface area contributed by atoms with Gasteiger partial charge in [-0.05, 0) is 46.1 Å². The second-order valence-electron chi connectivity index (χ2n) is 10.1. The fourth-order valence-electron chi connectivity index (χ4n) is 4.26. The SMILES string of the molecule is CCOC(=O)C(NC(=O)OC(C)(C)C)C(=O)N1CC2(CCN(C(=O)OCc3ccccc3)CC2)C1. The summed E-state index contributed by atoms with van der Waals surface area (Å²) in [6, 6.07) is 8.04. The van der Waals surface area contributed by atoms with Gasteiger partial charge in [-0.15, -0.1) is 0 Å². The van der Waals surface area contributed by atoms with Gasteiger partial charge in [0, 0.05) is 31.6 Å². The third-order valence-electron chi connectivity index (χ3n) is 6.08. The molecular formula is C25H35N3O7. The van der Waals surface area contributed by atoms with Crippen molar-refractivity contribution in [2.75, 3.05) is 32.8 Å². The maximum atomic E-state index is 13.0. The average Bonchev–Trinajstić information content (AvgIpc) is 2.78. The summed E-state index contributed by atoms with van der Waals surface area (Å²) in [6.45, 7) is 8.98. The smallest absolute Gasteiger partial charge is 0.410 e. The van der Waals surface area contributed by atoms with Crippen molar-refractivity contribution in [2.45, 2.75) is 58.8 Å². The van der Waals surface area contributed by atoms with Crippen molar-refractivity contribution >= 4 is 24.1 Å². The zero-order chi connectivity index (χ0) is 25.6. The van der Waals surface area contributed by atoms with Crippen LogP contribution in [0.15, 0.2) is 30.3 Å². The molecule has 1 aromatic rings. The van der Waals surface area contributed by atoms with E-state index in [1.54, 1.807) is 37.5 Å². The van der Waals surface area contributed by atoms with Crippen LogP contribution in [0.2, 0.25) is 0 Å². The molecule has 1 N–H and O–H groups in total. The molecule has 2 fully saturated rings. The van der Waals surface area contributed by atoms with Gasteiger partial charge < -0.3 is 24.0 Å². The van der Waals surface area contributed by atoms with Crippen LogP contribution in [0.3, 0.4) is 0 Å². The molecule has 2 aliphatic rings. The first-order valence-corrected chi connectivity index (χ1v) is 11.9. The first-order chi connectivity index (χ1) is 16.5. The number of carbonyl (C=O) groups is 4. The van der Waals surface area contributed by atoms with Crippen molar-refractivity contribution in [3.8, 4) is 0 Å². The summed E-state index contributed by atoms with van der Waals surface area (Å²) in [6.07, 6.45) is 0.239. The molecule has 2 aliphatic heterocycles. The van der Waals surface area contributed by atoms with E-state index in [2.05, 4.69) is 5.32 Å². The number of piperidine rings is 1. The number of hydrogen-bond acceptors (Lipinski definition) is 7. The molecule has 3 rings (SSSR count). The molecule has 10 heteroatoms. The highest BCUT2D eigenvalue weighted by Gasteiger charge is 2.50. The molecule has 1 unspecified atom stereocenters. The molecule has 2 heterocycles. The largest absolute Gasteiger partial charge is 0.464 e. The molecule has 2 saturated heterocycles. The third kappa shape index (κ3) is 7.10. The second kappa shape index (κ2) is 11.0. The summed E-state index contributed by atoms with van der Waals surface area (Å²) >= 11 is 0. The quantitative estimate of drug-likeness (QED) is 0.371. The molecular weight excluding hydrogens is 454 g/mol. The summed E-state index contributed by atoms with van der Waals surface area (Å²) in [5, 5.41) is 2.35. The number of likely N-dealkylation sites (tertiary alicyclic amines) is 2. The van der Waals surface area contributed by atoms with Gasteiger partial charge in [-0.2, -0.15) is 0 Å². The van der Waals surface area contributed by atoms with E-state index in [1.807, 2.05) is 30.3 Å². The van der Waals surface area contributed by atoms with E-state index in [4.69, 9.17) is 14.2 Å². The molecule has 1 aromatic carbocycles. The first-order valence-electron chi connectivity index (χ1n) is 11.9. The van der Waals surface area contributed by atoms with Crippen LogP contribution in [0.5, 0.6) is 0 Å². The van der Waals surface area contributed by atoms with Crippen LogP contribution in [0.4, 0.5) is 9.59 Å². The Balaban J connectivity index is 1.49. The Hall–Kier alpha value is -3.30. The second-order valence-corrected chi connectivity index (χ2v) is 10.1. The number of amides is 3. The fraction of sp³-hybridized carbons (Fsp3) is 0.600. The maximum Gasteiger partial charge on any atom is 0.410 e. The summed E-state index contributed by atoms with van der Waals surface area (Å²) in [5.74, 6) is -1.34. The van der Waals surface area contributed by atoms with Crippen LogP contribution < -0.4 is 5.32 Å². The number of benzene rings is 1. The maximum absolute atomic E-state index is 13.0. The van der Waals surface area contributed by atoms with E-state index in [-0.39, 0.29) is 24.7 Å². The average molecular weight is 490 g/mol. The highest BCUT2D eigenvalue weighted by Crippen LogP contribution is 2.40. The van der Waals surface area contributed by atoms with Gasteiger partial charge in [-0.1, -0.05) is 30.3 Å². The number of rotatable bonds is 6. The third-order valence-corrected chi connectivity index (χ3v) is 6.08. The summed E-state index contributed by atoms with van der Waals surface area (Å²) in [7, 11) is 0. The van der Waals surface area contributed by atoms with Crippen LogP contribution in [-0.2, 0) is 30.4 Å². The van der Waals surface area contributed by atoms with E-state index < -0.39 is 29.6 Å². The molecule has 0 aromatic heterocycles. The number of nitrogens with zero attached hydrogens (tertiary/aromatic N) is 2. The summed E-state index contributed by atoms with van der Waals surface area (Å²) in [4.78, 5) is 53.3. The van der Waals surface area contributed by atoms with Crippen LogP contribution >= 0.6 is 0 Å². The molecule has 1 atom stereocenters. The van der Waals surface area contributed by atoms with E-state index in [9.17, 15) is 19.2 Å². The Labute approximate surface area is 205 Å². The minimum Gasteiger partial charge on any atom is -0.464 e. The molecule has 0 saturated carbocycles. The van der Waals surface area contributed by atoms with Crippen molar-refractivity contribution in [2.24, 2.45) is 5.41 Å². The number of hydrogen-bond donors (Lipinski definition) is 1. The van der Waals surface area contributed by atoms with Gasteiger partial charge in [0.1, 0.15) is 12.2 Å². The van der Waals surface area contributed by atoms with Crippen molar-refractivity contribution in [3.05, 3.63) is 35.9 Å². The number of alkyl carbamates (subject to hydrolysis) is 1. The monoisotopic (exact) mass is 489 g/mol. The van der Waals surface area contributed by atoms with Crippen LogP contribution in [0, 0.1) is 5.41 Å². The molecule has 35 heavy (non-hydrogen) atoms. The van der Waals surface area contributed by atoms with Crippen LogP contribution in [-0.4, -0.2) is 78.3 Å². The molecule has 3 amide bonds. The minimum absolute atomic E-state index is 0.0821. The lowest BCUT2D eigenvalue weighted by molar-refractivity contribution is -0.159. The van der Waals surface area contributed by atoms with E-state index in [1.165, 1.54) is 0 Å². The lowest BCUT2D eigenvalue weighted by Gasteiger charge is -2.54. The van der Waals surface area contributed by atoms with Crippen LogP contribution in [0.1, 0.15) is 46.1 Å². The number of ether oxygens (including phenoxy) is 3. The number of carbonyl (C=O) groups excluding carboxylic acids is 4. The minimum atomic E-state index is -1.46. The Morgan fingerprint density at radius 2 is 1.63 bits per heavy atom. The molecule has 0 radical (unpaired) electrons. The molecule has 10 nitrogen and oxygen atoms in total. The Morgan fingerprint density at radius 1 is 1.00 bits per heavy atom. The van der Waals surface area contributed by atoms with Crippen molar-refractivity contribution in [1.82, 2.24) is 15.1 Å². The lowest BCUT2D eigenvalue weighted by atomic mass is 9.72. The zero-order valence-electron chi connectivity index (χ0n) is 20.9. The molecule has 1 spiro atoms.